The number of hydrogen-bond acceptors (Lipinski definition) is 4. The van der Waals surface area contributed by atoms with Gasteiger partial charge in [-0.25, -0.2) is 0 Å². The Morgan fingerprint density at radius 3 is 1.44 bits per heavy atom. The summed E-state index contributed by atoms with van der Waals surface area (Å²) in [6.07, 6.45) is 10.8. The van der Waals surface area contributed by atoms with Crippen LogP contribution in [-0.4, -0.2) is 59.4 Å². The molecule has 1 aliphatic heterocycles. The van der Waals surface area contributed by atoms with Gasteiger partial charge >= 0.3 is 0 Å². The average Bonchev–Trinajstić information content (AvgIpc) is 2.59. The molecule has 0 N–H and O–H groups in total. The molecule has 0 aliphatic carbocycles. The number of aromatic nitrogens is 1. The molecule has 6 heteroatoms. The molecule has 0 amide bonds. The summed E-state index contributed by atoms with van der Waals surface area (Å²) in [5, 5.41) is 10.1. The molecule has 0 bridgehead atoms. The Hall–Kier alpha value is 0.314. The van der Waals surface area contributed by atoms with Gasteiger partial charge in [-0.3, -0.25) is 9.88 Å². The van der Waals surface area contributed by atoms with Gasteiger partial charge in [0.1, 0.15) is 0 Å². The van der Waals surface area contributed by atoms with E-state index in [0.29, 0.717) is 0 Å². The normalized spacial score (nSPS) is 11.5. The van der Waals surface area contributed by atoms with Crippen molar-refractivity contribution in [3.05, 3.63) is 30.6 Å². The van der Waals surface area contributed by atoms with Crippen molar-refractivity contribution >= 4 is 29.9 Å². The maximum absolute atomic E-state index is 10.1. The molecular formula is C21H41HgN2O2Sn-. The molecular weight excluding hydrogens is 632 g/mol. The monoisotopic (exact) mass is 675 g/mol. The largest absolute Gasteiger partial charge is 0.549 e. The van der Waals surface area contributed by atoms with E-state index >= 15 is 0 Å². The first-order chi connectivity index (χ1) is 12.0. The molecule has 0 unspecified atom stereocenters. The number of hydrogen-bond donors (Lipinski definition) is 0. The zero-order valence-electron chi connectivity index (χ0n) is 18.7. The molecule has 0 saturated carbocycles. The van der Waals surface area contributed by atoms with Crippen molar-refractivity contribution in [3.63, 3.8) is 0 Å². The van der Waals surface area contributed by atoms with Gasteiger partial charge in [0, 0.05) is 70.5 Å². The molecule has 1 aliphatic rings. The average molecular weight is 673 g/mol. The number of piperidine rings is 1. The van der Waals surface area contributed by atoms with Gasteiger partial charge in [0.05, 0.1) is 5.97 Å². The smallest absolute Gasteiger partial charge is 0.0555 e. The Morgan fingerprint density at radius 2 is 1.22 bits per heavy atom. The first kappa shape index (κ1) is 38.0. The molecule has 4 radical (unpaired) electrons. The number of likely N-dealkylation sites (tertiary alicyclic amines) is 1. The maximum atomic E-state index is 10.1. The molecule has 27 heavy (non-hydrogen) atoms. The van der Waals surface area contributed by atoms with Crippen molar-refractivity contribution in [1.29, 1.82) is 0 Å². The fraction of sp³-hybridized carbons (Fsp3) is 0.714. The predicted molar refractivity (Wildman–Crippen MR) is 113 cm³/mol. The topological polar surface area (TPSA) is 56.3 Å². The van der Waals surface area contributed by atoms with Crippen LogP contribution in [0.4, 0.5) is 0 Å². The minimum atomic E-state index is -0.957. The Morgan fingerprint density at radius 1 is 0.852 bits per heavy atom. The van der Waals surface area contributed by atoms with Gasteiger partial charge < -0.3 is 9.90 Å². The van der Waals surface area contributed by atoms with Crippen molar-refractivity contribution < 1.29 is 37.6 Å². The van der Waals surface area contributed by atoms with Gasteiger partial charge in [0.2, 0.25) is 0 Å². The van der Waals surface area contributed by atoms with Crippen LogP contribution in [0.25, 0.3) is 0 Å². The minimum Gasteiger partial charge on any atom is -0.549 e. The molecule has 4 nitrogen and oxygen atoms in total. The van der Waals surface area contributed by atoms with E-state index in [1.165, 1.54) is 25.7 Å². The number of carboxylic acids is 1. The zero-order valence-corrected chi connectivity index (χ0v) is 27.0. The summed E-state index contributed by atoms with van der Waals surface area (Å²) >= 11 is 0. The molecule has 1 fully saturated rings. The summed E-state index contributed by atoms with van der Waals surface area (Å²) in [5.74, 6) is -0.957. The van der Waals surface area contributed by atoms with Crippen LogP contribution in [0.15, 0.2) is 30.6 Å². The first-order valence-electron chi connectivity index (χ1n) is 9.80. The Kier molecular flexibility index (Phi) is 52.2. The van der Waals surface area contributed by atoms with Gasteiger partial charge in [-0.2, -0.15) is 0 Å². The van der Waals surface area contributed by atoms with Crippen molar-refractivity contribution in [3.8, 4) is 0 Å². The van der Waals surface area contributed by atoms with Crippen LogP contribution in [0.2, 0.25) is 0 Å². The van der Waals surface area contributed by atoms with E-state index in [9.17, 15) is 9.90 Å². The van der Waals surface area contributed by atoms with Crippen LogP contribution < -0.4 is 5.11 Å². The van der Waals surface area contributed by atoms with E-state index in [1.54, 1.807) is 12.4 Å². The van der Waals surface area contributed by atoms with Crippen molar-refractivity contribution in [2.75, 3.05) is 19.6 Å². The number of pyridine rings is 1. The van der Waals surface area contributed by atoms with E-state index in [4.69, 9.17) is 0 Å². The fourth-order valence-corrected chi connectivity index (χ4v) is 1.61. The number of aliphatic carboxylic acids is 1. The van der Waals surface area contributed by atoms with Gasteiger partial charge in [0.25, 0.3) is 0 Å². The summed E-state index contributed by atoms with van der Waals surface area (Å²) in [5.41, 5.74) is 0. The number of rotatable bonds is 2. The number of carboxylic acid groups (broad SMARTS) is 1. The molecule has 0 atom stereocenters. The number of carbonyl (C=O) groups excluding carboxylic acids is 1. The second kappa shape index (κ2) is 37.1. The van der Waals surface area contributed by atoms with E-state index in [0.717, 1.165) is 25.9 Å². The molecule has 0 spiro atoms. The zero-order chi connectivity index (χ0) is 19.8. The van der Waals surface area contributed by atoms with E-state index < -0.39 is 5.97 Å². The standard InChI is InChI=1S/C7H13NO2.C5H5N.3C3H8.Hg.Sn/c9-7(10)6-8-4-2-1-3-5-8;1-2-4-6-5-3-1;3*1-3-2;;/h1-6H2,(H,9,10);1-5H;3*3H2,1-2H3;;/p-1. The van der Waals surface area contributed by atoms with E-state index in [-0.39, 0.29) is 58.1 Å². The Labute approximate surface area is 206 Å². The molecule has 154 valence electrons. The van der Waals surface area contributed by atoms with Crippen LogP contribution in [0.3, 0.4) is 0 Å². The summed E-state index contributed by atoms with van der Waals surface area (Å²) in [6.45, 7) is 14.7. The van der Waals surface area contributed by atoms with Crippen LogP contribution >= 0.6 is 0 Å². The number of carbonyl (C=O) groups is 1. The first-order valence-corrected chi connectivity index (χ1v) is 9.80. The summed E-state index contributed by atoms with van der Waals surface area (Å²) in [6, 6.07) is 5.72. The third kappa shape index (κ3) is 46.4. The summed E-state index contributed by atoms with van der Waals surface area (Å²) in [4.78, 5) is 15.8. The van der Waals surface area contributed by atoms with Crippen molar-refractivity contribution in [2.45, 2.75) is 80.1 Å². The quantitative estimate of drug-likeness (QED) is 0.443. The molecule has 0 aromatic carbocycles. The second-order valence-corrected chi connectivity index (χ2v) is 5.85. The fourth-order valence-electron chi connectivity index (χ4n) is 1.61. The molecule has 2 rings (SSSR count). The maximum Gasteiger partial charge on any atom is 0.0555 e. The summed E-state index contributed by atoms with van der Waals surface area (Å²) in [7, 11) is 0. The molecule has 1 aromatic rings. The molecule has 1 saturated heterocycles. The predicted octanol–water partition coefficient (Wildman–Crippen LogP) is 4.17. The van der Waals surface area contributed by atoms with E-state index in [2.05, 4.69) is 46.5 Å². The van der Waals surface area contributed by atoms with Crippen molar-refractivity contribution in [1.82, 2.24) is 9.88 Å². The van der Waals surface area contributed by atoms with Gasteiger partial charge in [-0.05, 0) is 38.1 Å². The van der Waals surface area contributed by atoms with Gasteiger partial charge in [-0.1, -0.05) is 73.3 Å². The second-order valence-electron chi connectivity index (χ2n) is 5.85. The van der Waals surface area contributed by atoms with Crippen molar-refractivity contribution in [2.24, 2.45) is 0 Å². The van der Waals surface area contributed by atoms with Crippen LogP contribution in [0.1, 0.15) is 80.1 Å². The third-order valence-corrected chi connectivity index (χ3v) is 2.37. The van der Waals surface area contributed by atoms with E-state index in [1.807, 2.05) is 23.1 Å². The third-order valence-electron chi connectivity index (χ3n) is 2.37. The molecule has 2 heterocycles. The Bertz CT molecular complexity index is 307. The number of nitrogens with zero attached hydrogens (tertiary/aromatic N) is 2. The molecule has 1 aromatic heterocycles. The van der Waals surface area contributed by atoms with Crippen LogP contribution in [0.5, 0.6) is 0 Å². The van der Waals surface area contributed by atoms with Crippen LogP contribution in [0, 0.1) is 0 Å². The Balaban J connectivity index is -0.0000000824. The van der Waals surface area contributed by atoms with Gasteiger partial charge in [-0.15, -0.1) is 0 Å². The van der Waals surface area contributed by atoms with Crippen LogP contribution in [-0.2, 0) is 32.5 Å². The van der Waals surface area contributed by atoms with Gasteiger partial charge in [0.15, 0.2) is 0 Å². The SMILES string of the molecule is CCC.CCC.CCC.O=C([O-])CN1CCCCC1.[Hg].[Sn].c1ccncc1. The summed E-state index contributed by atoms with van der Waals surface area (Å²) < 4.78 is 0. The minimum absolute atomic E-state index is 0.